The van der Waals surface area contributed by atoms with Gasteiger partial charge in [-0.3, -0.25) is 4.79 Å². The van der Waals surface area contributed by atoms with Gasteiger partial charge >= 0.3 is 5.97 Å². The average molecular weight is 423 g/mol. The van der Waals surface area contributed by atoms with Crippen LogP contribution in [0.15, 0.2) is 90.7 Å². The van der Waals surface area contributed by atoms with Gasteiger partial charge in [0, 0.05) is 5.92 Å². The Morgan fingerprint density at radius 3 is 2.16 bits per heavy atom. The van der Waals surface area contributed by atoms with Crippen LogP contribution in [0.1, 0.15) is 29.3 Å². The van der Waals surface area contributed by atoms with Gasteiger partial charge in [0.25, 0.3) is 0 Å². The Kier molecular flexibility index (Phi) is 6.28. The lowest BCUT2D eigenvalue weighted by Crippen LogP contribution is -2.14. The average Bonchev–Trinajstić information content (AvgIpc) is 3.26. The topological polar surface area (TPSA) is 99.0 Å². The molecule has 0 saturated heterocycles. The van der Waals surface area contributed by atoms with Crippen molar-refractivity contribution >= 4 is 22.6 Å². The fourth-order valence-electron chi connectivity index (χ4n) is 3.57. The molecular formula is C26H21N3O3. The van der Waals surface area contributed by atoms with Crippen LogP contribution in [0, 0.1) is 11.3 Å². The standard InChI is InChI=1S/C26H21N3O3/c27-16-21(26-28-22-13-7-8-14-23(22)29-26)24(30)17-32-25(31)15-20(18-9-3-1-4-10-18)19-11-5-2-6-12-19/h1-14,20,30H,15,17H2,(H,28,29)/b24-21-. The Morgan fingerprint density at radius 2 is 1.56 bits per heavy atom. The van der Waals surface area contributed by atoms with E-state index in [4.69, 9.17) is 4.74 Å². The van der Waals surface area contributed by atoms with E-state index in [0.29, 0.717) is 5.52 Å². The van der Waals surface area contributed by atoms with Gasteiger partial charge in [-0.25, -0.2) is 4.98 Å². The lowest BCUT2D eigenvalue weighted by molar-refractivity contribution is -0.143. The van der Waals surface area contributed by atoms with Crippen molar-refractivity contribution in [2.45, 2.75) is 12.3 Å². The van der Waals surface area contributed by atoms with Gasteiger partial charge in [0.2, 0.25) is 0 Å². The fourth-order valence-corrected chi connectivity index (χ4v) is 3.57. The molecule has 0 bridgehead atoms. The van der Waals surface area contributed by atoms with Gasteiger partial charge in [-0.05, 0) is 23.3 Å². The van der Waals surface area contributed by atoms with E-state index < -0.39 is 12.6 Å². The Bertz CT molecular complexity index is 1220. The van der Waals surface area contributed by atoms with E-state index in [2.05, 4.69) is 9.97 Å². The highest BCUT2D eigenvalue weighted by Gasteiger charge is 2.20. The number of nitriles is 1. The molecule has 1 aromatic heterocycles. The van der Waals surface area contributed by atoms with E-state index in [-0.39, 0.29) is 29.5 Å². The zero-order chi connectivity index (χ0) is 22.3. The molecule has 158 valence electrons. The van der Waals surface area contributed by atoms with Gasteiger partial charge < -0.3 is 14.8 Å². The summed E-state index contributed by atoms with van der Waals surface area (Å²) in [6.45, 7) is -0.408. The smallest absolute Gasteiger partial charge is 0.307 e. The third-order valence-electron chi connectivity index (χ3n) is 5.17. The molecule has 0 fully saturated rings. The van der Waals surface area contributed by atoms with Crippen molar-refractivity contribution in [3.8, 4) is 6.07 Å². The molecule has 0 atom stereocenters. The monoisotopic (exact) mass is 423 g/mol. The highest BCUT2D eigenvalue weighted by atomic mass is 16.5. The van der Waals surface area contributed by atoms with Gasteiger partial charge in [-0.1, -0.05) is 72.8 Å². The minimum Gasteiger partial charge on any atom is -0.507 e. The number of hydrogen-bond donors (Lipinski definition) is 2. The number of ether oxygens (including phenoxy) is 1. The van der Waals surface area contributed by atoms with Crippen LogP contribution in [0.2, 0.25) is 0 Å². The number of imidazole rings is 1. The molecule has 0 radical (unpaired) electrons. The number of fused-ring (bicyclic) bond motifs is 1. The van der Waals surface area contributed by atoms with Gasteiger partial charge in [-0.15, -0.1) is 0 Å². The Hall–Kier alpha value is -4.37. The number of nitrogens with one attached hydrogen (secondary N) is 1. The zero-order valence-electron chi connectivity index (χ0n) is 17.2. The van der Waals surface area contributed by atoms with Crippen molar-refractivity contribution in [2.24, 2.45) is 0 Å². The van der Waals surface area contributed by atoms with Crippen LogP contribution in [-0.4, -0.2) is 27.7 Å². The van der Waals surface area contributed by atoms with E-state index >= 15 is 0 Å². The predicted octanol–water partition coefficient (Wildman–Crippen LogP) is 5.12. The maximum atomic E-state index is 12.6. The molecular weight excluding hydrogens is 402 g/mol. The first-order valence-electron chi connectivity index (χ1n) is 10.2. The molecule has 4 rings (SSSR count). The molecule has 3 aromatic carbocycles. The van der Waals surface area contributed by atoms with Crippen LogP contribution in [0.25, 0.3) is 16.6 Å². The van der Waals surface area contributed by atoms with Crippen LogP contribution >= 0.6 is 0 Å². The van der Waals surface area contributed by atoms with Crippen molar-refractivity contribution < 1.29 is 14.6 Å². The largest absolute Gasteiger partial charge is 0.507 e. The van der Waals surface area contributed by atoms with E-state index in [0.717, 1.165) is 16.6 Å². The number of rotatable bonds is 7. The molecule has 6 nitrogen and oxygen atoms in total. The number of aliphatic hydroxyl groups is 1. The third-order valence-corrected chi connectivity index (χ3v) is 5.17. The number of H-pyrrole nitrogens is 1. The first kappa shape index (κ1) is 20.9. The molecule has 0 unspecified atom stereocenters. The third kappa shape index (κ3) is 4.68. The number of allylic oxidation sites excluding steroid dienone is 1. The van der Waals surface area contributed by atoms with Crippen LogP contribution in [0.5, 0.6) is 0 Å². The first-order chi connectivity index (χ1) is 15.7. The Morgan fingerprint density at radius 1 is 0.969 bits per heavy atom. The number of carbonyl (C=O) groups is 1. The summed E-state index contributed by atoms with van der Waals surface area (Å²) in [6.07, 6.45) is 0.105. The van der Waals surface area contributed by atoms with Gasteiger partial charge in [0.1, 0.15) is 18.2 Å². The maximum Gasteiger partial charge on any atom is 0.307 e. The van der Waals surface area contributed by atoms with E-state index in [1.54, 1.807) is 6.07 Å². The number of hydrogen-bond acceptors (Lipinski definition) is 5. The van der Waals surface area contributed by atoms with Crippen molar-refractivity contribution in [2.75, 3.05) is 6.61 Å². The van der Waals surface area contributed by atoms with E-state index in [1.807, 2.05) is 84.9 Å². The van der Waals surface area contributed by atoms with Crippen LogP contribution < -0.4 is 0 Å². The summed E-state index contributed by atoms with van der Waals surface area (Å²) in [5.41, 5.74) is 3.35. The molecule has 0 aliphatic heterocycles. The van der Waals surface area contributed by atoms with Crippen LogP contribution in [0.4, 0.5) is 0 Å². The number of para-hydroxylation sites is 2. The number of benzene rings is 3. The molecule has 0 spiro atoms. The molecule has 0 aliphatic carbocycles. The lowest BCUT2D eigenvalue weighted by Gasteiger charge is -2.17. The molecule has 32 heavy (non-hydrogen) atoms. The number of carbonyl (C=O) groups excluding carboxylic acids is 1. The molecule has 2 N–H and O–H groups in total. The van der Waals surface area contributed by atoms with E-state index in [9.17, 15) is 15.2 Å². The predicted molar refractivity (Wildman–Crippen MR) is 122 cm³/mol. The summed E-state index contributed by atoms with van der Waals surface area (Å²) in [5, 5.41) is 19.9. The minimum absolute atomic E-state index is 0.0586. The normalized spacial score (nSPS) is 11.8. The number of aromatic amines is 1. The Balaban J connectivity index is 1.49. The first-order valence-corrected chi connectivity index (χ1v) is 10.2. The van der Waals surface area contributed by atoms with Crippen molar-refractivity contribution in [1.29, 1.82) is 5.26 Å². The second-order valence-corrected chi connectivity index (χ2v) is 7.27. The quantitative estimate of drug-likeness (QED) is 0.244. The number of esters is 1. The molecule has 1 heterocycles. The Labute approximate surface area is 185 Å². The van der Waals surface area contributed by atoms with E-state index in [1.165, 1.54) is 0 Å². The second kappa shape index (κ2) is 9.63. The maximum absolute atomic E-state index is 12.6. The van der Waals surface area contributed by atoms with Gasteiger partial charge in [0.15, 0.2) is 11.6 Å². The fraction of sp³-hybridized carbons (Fsp3) is 0.115. The molecule has 6 heteroatoms. The summed E-state index contributed by atoms with van der Waals surface area (Å²) >= 11 is 0. The summed E-state index contributed by atoms with van der Waals surface area (Å²) in [5.74, 6) is -0.775. The summed E-state index contributed by atoms with van der Waals surface area (Å²) in [7, 11) is 0. The number of nitrogens with zero attached hydrogens (tertiary/aromatic N) is 2. The second-order valence-electron chi connectivity index (χ2n) is 7.27. The van der Waals surface area contributed by atoms with Crippen molar-refractivity contribution in [3.63, 3.8) is 0 Å². The van der Waals surface area contributed by atoms with Gasteiger partial charge in [-0.2, -0.15) is 5.26 Å². The molecule has 0 amide bonds. The minimum atomic E-state index is -0.476. The highest BCUT2D eigenvalue weighted by Crippen LogP contribution is 2.28. The lowest BCUT2D eigenvalue weighted by atomic mass is 9.89. The molecule has 0 aliphatic rings. The molecule has 0 saturated carbocycles. The zero-order valence-corrected chi connectivity index (χ0v) is 17.2. The van der Waals surface area contributed by atoms with Crippen LogP contribution in [0.3, 0.4) is 0 Å². The SMILES string of the molecule is N#C/C(=C(/O)COC(=O)CC(c1ccccc1)c1ccccc1)c1nc2ccccc2[nH]1. The molecule has 4 aromatic rings. The highest BCUT2D eigenvalue weighted by molar-refractivity contribution is 5.83. The number of aromatic nitrogens is 2. The van der Waals surface area contributed by atoms with Crippen molar-refractivity contribution in [1.82, 2.24) is 9.97 Å². The summed E-state index contributed by atoms with van der Waals surface area (Å²) < 4.78 is 5.32. The summed E-state index contributed by atoms with van der Waals surface area (Å²) in [6, 6.07) is 28.7. The van der Waals surface area contributed by atoms with Crippen molar-refractivity contribution in [3.05, 3.63) is 108 Å². The van der Waals surface area contributed by atoms with Crippen LogP contribution in [-0.2, 0) is 9.53 Å². The van der Waals surface area contributed by atoms with Gasteiger partial charge in [0.05, 0.1) is 17.5 Å². The summed E-state index contributed by atoms with van der Waals surface area (Å²) in [4.78, 5) is 20.0. The number of aliphatic hydroxyl groups excluding tert-OH is 1.